The molecule has 0 radical (unpaired) electrons. The van der Waals surface area contributed by atoms with Crippen LogP contribution >= 0.6 is 0 Å². The van der Waals surface area contributed by atoms with Crippen LogP contribution in [-0.2, 0) is 39.8 Å². The summed E-state index contributed by atoms with van der Waals surface area (Å²) in [6.07, 6.45) is 1.08. The summed E-state index contributed by atoms with van der Waals surface area (Å²) in [6.45, 7) is 17.9. The average molecular weight is 760 g/mol. The molecule has 0 saturated carbocycles. The second-order valence-corrected chi connectivity index (χ2v) is 15.6. The number of rotatable bonds is 20. The van der Waals surface area contributed by atoms with Gasteiger partial charge in [0.05, 0.1) is 43.7 Å². The van der Waals surface area contributed by atoms with E-state index in [1.165, 1.54) is 14.2 Å². The number of nitrogens with zero attached hydrogens (tertiary/aromatic N) is 3. The van der Waals surface area contributed by atoms with Crippen LogP contribution in [-0.4, -0.2) is 128 Å². The number of amides is 5. The number of likely N-dealkylation sites (tertiary alicyclic amines) is 1. The lowest BCUT2D eigenvalue weighted by Crippen LogP contribution is -2.60. The van der Waals surface area contributed by atoms with Crippen molar-refractivity contribution in [1.82, 2.24) is 25.3 Å². The lowest BCUT2D eigenvalue weighted by atomic mass is 9.89. The van der Waals surface area contributed by atoms with Gasteiger partial charge in [0.25, 0.3) is 0 Å². The summed E-state index contributed by atoms with van der Waals surface area (Å²) in [5.74, 6) is -2.27. The van der Waals surface area contributed by atoms with Gasteiger partial charge in [0.1, 0.15) is 12.1 Å². The molecule has 1 aromatic rings. The minimum Gasteiger partial charge on any atom is -0.467 e. The van der Waals surface area contributed by atoms with Crippen molar-refractivity contribution in [2.45, 2.75) is 143 Å². The molecule has 8 atom stereocenters. The Morgan fingerprint density at radius 3 is 2.00 bits per heavy atom. The van der Waals surface area contributed by atoms with Gasteiger partial charge in [-0.2, -0.15) is 0 Å². The molecule has 1 aliphatic heterocycles. The molecule has 1 fully saturated rings. The number of benzene rings is 1. The van der Waals surface area contributed by atoms with Crippen LogP contribution in [0.1, 0.15) is 93.6 Å². The summed E-state index contributed by atoms with van der Waals surface area (Å²) in [6, 6.07) is 6.44. The number of carbonyl (C=O) groups excluding carboxylic acids is 5. The summed E-state index contributed by atoms with van der Waals surface area (Å²) in [5.41, 5.74) is 0.876. The molecule has 1 saturated heterocycles. The molecule has 54 heavy (non-hydrogen) atoms. The van der Waals surface area contributed by atoms with Gasteiger partial charge in [-0.25, -0.2) is 9.59 Å². The van der Waals surface area contributed by atoms with Crippen LogP contribution < -0.4 is 10.6 Å². The molecule has 13 heteroatoms. The van der Waals surface area contributed by atoms with Crippen molar-refractivity contribution in [2.75, 3.05) is 34.9 Å². The summed E-state index contributed by atoms with van der Waals surface area (Å²) < 4.78 is 16.9. The fourth-order valence-electron chi connectivity index (χ4n) is 7.80. The zero-order valence-corrected chi connectivity index (χ0v) is 35.1. The molecule has 0 aromatic heterocycles. The van der Waals surface area contributed by atoms with Gasteiger partial charge >= 0.3 is 12.0 Å². The van der Waals surface area contributed by atoms with Gasteiger partial charge in [-0.3, -0.25) is 14.4 Å². The highest BCUT2D eigenvalue weighted by molar-refractivity contribution is 5.88. The van der Waals surface area contributed by atoms with Crippen LogP contribution in [0.5, 0.6) is 0 Å². The minimum absolute atomic E-state index is 0.00527. The van der Waals surface area contributed by atoms with Crippen molar-refractivity contribution in [1.29, 1.82) is 0 Å². The lowest BCUT2D eigenvalue weighted by Gasteiger charge is -2.41. The molecule has 0 bridgehead atoms. The standard InChI is InChI=1S/C41H69N5O8/c1-14-28(8)36(44(10)39(49)35(25(2)3)43-41(51)46(26(4)5)27(6)7)33(52-11)24-34(47)45-22-18-21-32(45)37(53-12)29(9)38(48)42-31(40(50)54-13)23-30-19-16-15-17-20-30/h15-17,19-20,25-29,31-33,35-37H,14,18,21-24H2,1-13H3,(H,42,48)(H,43,51)/t28-,29+,31-,32-,33+,35-,36-,37+/m0/s1. The third-order valence-electron chi connectivity index (χ3n) is 10.9. The van der Waals surface area contributed by atoms with Gasteiger partial charge in [-0.05, 0) is 57.9 Å². The minimum atomic E-state index is -0.890. The Hall–Kier alpha value is -3.71. The third kappa shape index (κ3) is 12.1. The molecule has 2 rings (SSSR count). The van der Waals surface area contributed by atoms with E-state index >= 15 is 0 Å². The van der Waals surface area contributed by atoms with Gasteiger partial charge in [0, 0.05) is 46.3 Å². The van der Waals surface area contributed by atoms with E-state index in [-0.39, 0.29) is 60.5 Å². The van der Waals surface area contributed by atoms with Crippen LogP contribution in [0.15, 0.2) is 30.3 Å². The zero-order valence-electron chi connectivity index (χ0n) is 35.1. The van der Waals surface area contributed by atoms with Crippen molar-refractivity contribution < 1.29 is 38.2 Å². The monoisotopic (exact) mass is 760 g/mol. The molecule has 1 aliphatic rings. The third-order valence-corrected chi connectivity index (χ3v) is 10.9. The van der Waals surface area contributed by atoms with E-state index in [0.717, 1.165) is 18.4 Å². The normalized spacial score (nSPS) is 18.4. The SMILES string of the molecule is CC[C@H](C)[C@@H]([C@@H](CC(=O)N1CCC[C@H]1[C@H](OC)[C@@H](C)C(=O)N[C@@H](Cc1ccccc1)C(=O)OC)OC)N(C)C(=O)[C@@H](NC(=O)N(C(C)C)C(C)C)C(C)C. The summed E-state index contributed by atoms with van der Waals surface area (Å²) >= 11 is 0. The largest absolute Gasteiger partial charge is 0.467 e. The molecule has 1 heterocycles. The quantitative estimate of drug-likeness (QED) is 0.183. The van der Waals surface area contributed by atoms with Crippen molar-refractivity contribution in [3.8, 4) is 0 Å². The van der Waals surface area contributed by atoms with E-state index in [2.05, 4.69) is 10.6 Å². The number of urea groups is 1. The van der Waals surface area contributed by atoms with Gasteiger partial charge in [0.15, 0.2) is 0 Å². The van der Waals surface area contributed by atoms with E-state index in [1.807, 2.05) is 85.7 Å². The first-order valence-corrected chi connectivity index (χ1v) is 19.6. The smallest absolute Gasteiger partial charge is 0.328 e. The Morgan fingerprint density at radius 1 is 0.889 bits per heavy atom. The topological polar surface area (TPSA) is 147 Å². The van der Waals surface area contributed by atoms with E-state index < -0.39 is 48.3 Å². The molecule has 0 spiro atoms. The predicted octanol–water partition coefficient (Wildman–Crippen LogP) is 4.66. The Bertz CT molecular complexity index is 1350. The zero-order chi connectivity index (χ0) is 40.9. The van der Waals surface area contributed by atoms with Crippen LogP contribution in [0.25, 0.3) is 0 Å². The average Bonchev–Trinajstić information content (AvgIpc) is 3.62. The summed E-state index contributed by atoms with van der Waals surface area (Å²) in [5, 5.41) is 5.86. The van der Waals surface area contributed by atoms with Gasteiger partial charge < -0.3 is 39.5 Å². The van der Waals surface area contributed by atoms with E-state index in [9.17, 15) is 24.0 Å². The molecular formula is C41H69N5O8. The maximum atomic E-state index is 14.2. The van der Waals surface area contributed by atoms with Crippen LogP contribution in [0, 0.1) is 17.8 Å². The van der Waals surface area contributed by atoms with Crippen molar-refractivity contribution in [2.24, 2.45) is 17.8 Å². The van der Waals surface area contributed by atoms with Crippen LogP contribution in [0.2, 0.25) is 0 Å². The van der Waals surface area contributed by atoms with Gasteiger partial charge in [0.2, 0.25) is 17.7 Å². The molecule has 13 nitrogen and oxygen atoms in total. The van der Waals surface area contributed by atoms with Gasteiger partial charge in [-0.15, -0.1) is 0 Å². The van der Waals surface area contributed by atoms with Crippen LogP contribution in [0.3, 0.4) is 0 Å². The molecular weight excluding hydrogens is 690 g/mol. The Labute approximate surface area is 324 Å². The molecule has 0 aliphatic carbocycles. The maximum Gasteiger partial charge on any atom is 0.328 e. The number of likely N-dealkylation sites (N-methyl/N-ethyl adjacent to an activating group) is 1. The number of carbonyl (C=O) groups is 5. The number of hydrogen-bond donors (Lipinski definition) is 2. The Morgan fingerprint density at radius 2 is 1.50 bits per heavy atom. The van der Waals surface area contributed by atoms with E-state index in [0.29, 0.717) is 13.0 Å². The first kappa shape index (κ1) is 46.4. The van der Waals surface area contributed by atoms with Crippen molar-refractivity contribution in [3.63, 3.8) is 0 Å². The van der Waals surface area contributed by atoms with Crippen LogP contribution in [0.4, 0.5) is 4.79 Å². The molecule has 1 aromatic carbocycles. The molecule has 5 amide bonds. The highest BCUT2D eigenvalue weighted by atomic mass is 16.5. The molecule has 2 N–H and O–H groups in total. The van der Waals surface area contributed by atoms with Crippen molar-refractivity contribution >= 4 is 29.7 Å². The van der Waals surface area contributed by atoms with Gasteiger partial charge in [-0.1, -0.05) is 71.4 Å². The number of hydrogen-bond acceptors (Lipinski definition) is 8. The number of methoxy groups -OCH3 is 3. The number of esters is 1. The number of nitrogens with one attached hydrogen (secondary N) is 2. The Kier molecular flexibility index (Phi) is 18.9. The van der Waals surface area contributed by atoms with Crippen molar-refractivity contribution in [3.05, 3.63) is 35.9 Å². The summed E-state index contributed by atoms with van der Waals surface area (Å²) in [7, 11) is 6.09. The maximum absolute atomic E-state index is 14.2. The molecule has 0 unspecified atom stereocenters. The molecule has 306 valence electrons. The number of ether oxygens (including phenoxy) is 3. The highest BCUT2D eigenvalue weighted by Crippen LogP contribution is 2.30. The Balaban J connectivity index is 2.29. The summed E-state index contributed by atoms with van der Waals surface area (Å²) in [4.78, 5) is 73.3. The predicted molar refractivity (Wildman–Crippen MR) is 209 cm³/mol. The highest BCUT2D eigenvalue weighted by Gasteiger charge is 2.43. The second-order valence-electron chi connectivity index (χ2n) is 15.6. The fourth-order valence-corrected chi connectivity index (χ4v) is 7.80. The second kappa shape index (κ2) is 22.0. The lowest BCUT2D eigenvalue weighted by molar-refractivity contribution is -0.148. The first-order chi connectivity index (χ1) is 25.4. The first-order valence-electron chi connectivity index (χ1n) is 19.6. The fraction of sp³-hybridized carbons (Fsp3) is 0.732. The van der Waals surface area contributed by atoms with E-state index in [1.54, 1.807) is 35.8 Å². The van der Waals surface area contributed by atoms with E-state index in [4.69, 9.17) is 14.2 Å².